The van der Waals surface area contributed by atoms with E-state index in [0.29, 0.717) is 0 Å². The zero-order valence-electron chi connectivity index (χ0n) is 13.7. The summed E-state index contributed by atoms with van der Waals surface area (Å²) in [6.45, 7) is 7.62. The summed E-state index contributed by atoms with van der Waals surface area (Å²) in [5.41, 5.74) is 6.70. The molecule has 0 spiro atoms. The molecule has 0 bridgehead atoms. The fraction of sp³-hybridized carbons (Fsp3) is 0.400. The molecule has 1 N–H and O–H groups in total. The molecule has 0 unspecified atom stereocenters. The average Bonchev–Trinajstić information content (AvgIpc) is 2.56. The van der Waals surface area contributed by atoms with Crippen molar-refractivity contribution in [3.63, 3.8) is 0 Å². The van der Waals surface area contributed by atoms with Crippen LogP contribution in [-0.2, 0) is 6.54 Å². The van der Waals surface area contributed by atoms with Gasteiger partial charge in [-0.1, -0.05) is 36.4 Å². The molecule has 1 aliphatic heterocycles. The van der Waals surface area contributed by atoms with Crippen LogP contribution in [-0.4, -0.2) is 13.1 Å². The van der Waals surface area contributed by atoms with Gasteiger partial charge in [-0.2, -0.15) is 0 Å². The molecule has 0 atom stereocenters. The largest absolute Gasteiger partial charge is 0.380 e. The van der Waals surface area contributed by atoms with Crippen molar-refractivity contribution in [2.24, 2.45) is 0 Å². The first-order valence-electron chi connectivity index (χ1n) is 8.38. The third-order valence-electron chi connectivity index (χ3n) is 4.63. The maximum atomic E-state index is 3.65. The summed E-state index contributed by atoms with van der Waals surface area (Å²) in [4.78, 5) is 2.55. The van der Waals surface area contributed by atoms with Crippen molar-refractivity contribution >= 4 is 11.4 Å². The van der Waals surface area contributed by atoms with Gasteiger partial charge in [-0.05, 0) is 55.9 Å². The standard InChI is InChI=1S/C20H26N2/c1-16-9-8-10-17(2)20(16)21-15-18-11-4-5-12-19(18)22-13-6-3-7-14-22/h4-5,8-12,21H,3,6-7,13-15H2,1-2H3. The van der Waals surface area contributed by atoms with Crippen LogP contribution in [0.25, 0.3) is 0 Å². The first kappa shape index (κ1) is 15.0. The van der Waals surface area contributed by atoms with E-state index in [2.05, 4.69) is 66.5 Å². The summed E-state index contributed by atoms with van der Waals surface area (Å²) in [7, 11) is 0. The van der Waals surface area contributed by atoms with Gasteiger partial charge in [0.1, 0.15) is 0 Å². The molecule has 2 nitrogen and oxygen atoms in total. The van der Waals surface area contributed by atoms with E-state index in [-0.39, 0.29) is 0 Å². The first-order chi connectivity index (χ1) is 10.8. The number of piperidine rings is 1. The predicted octanol–water partition coefficient (Wildman–Crippen LogP) is 4.91. The van der Waals surface area contributed by atoms with E-state index in [4.69, 9.17) is 0 Å². The summed E-state index contributed by atoms with van der Waals surface area (Å²) in [6.07, 6.45) is 4.01. The molecule has 0 radical (unpaired) electrons. The number of nitrogens with zero attached hydrogens (tertiary/aromatic N) is 1. The molecule has 0 saturated carbocycles. The Morgan fingerprint density at radius 1 is 0.864 bits per heavy atom. The zero-order valence-corrected chi connectivity index (χ0v) is 13.7. The third-order valence-corrected chi connectivity index (χ3v) is 4.63. The Morgan fingerprint density at radius 3 is 2.27 bits per heavy atom. The van der Waals surface area contributed by atoms with Gasteiger partial charge in [0.15, 0.2) is 0 Å². The zero-order chi connectivity index (χ0) is 15.4. The lowest BCUT2D eigenvalue weighted by Crippen LogP contribution is -2.30. The molecule has 1 aliphatic rings. The van der Waals surface area contributed by atoms with Crippen LogP contribution in [0.15, 0.2) is 42.5 Å². The highest BCUT2D eigenvalue weighted by atomic mass is 15.1. The number of nitrogens with one attached hydrogen (secondary N) is 1. The Hall–Kier alpha value is -1.96. The van der Waals surface area contributed by atoms with Gasteiger partial charge in [0.05, 0.1) is 0 Å². The van der Waals surface area contributed by atoms with E-state index >= 15 is 0 Å². The molecule has 116 valence electrons. The third kappa shape index (κ3) is 3.27. The number of aryl methyl sites for hydroxylation is 2. The van der Waals surface area contributed by atoms with Crippen molar-refractivity contribution in [1.29, 1.82) is 0 Å². The lowest BCUT2D eigenvalue weighted by atomic mass is 10.1. The second-order valence-electron chi connectivity index (χ2n) is 6.30. The molecule has 0 aromatic heterocycles. The topological polar surface area (TPSA) is 15.3 Å². The van der Waals surface area contributed by atoms with Crippen molar-refractivity contribution in [3.05, 3.63) is 59.2 Å². The lowest BCUT2D eigenvalue weighted by Gasteiger charge is -2.31. The number of anilines is 2. The van der Waals surface area contributed by atoms with E-state index in [0.717, 1.165) is 6.54 Å². The number of para-hydroxylation sites is 2. The van der Waals surface area contributed by atoms with Crippen LogP contribution < -0.4 is 10.2 Å². The van der Waals surface area contributed by atoms with Crippen molar-refractivity contribution in [2.75, 3.05) is 23.3 Å². The second kappa shape index (κ2) is 6.87. The Kier molecular flexibility index (Phi) is 4.67. The number of hydrogen-bond donors (Lipinski definition) is 1. The molecule has 1 saturated heterocycles. The average molecular weight is 294 g/mol. The highest BCUT2D eigenvalue weighted by molar-refractivity contribution is 5.59. The maximum Gasteiger partial charge on any atom is 0.0421 e. The van der Waals surface area contributed by atoms with Crippen LogP contribution in [0.5, 0.6) is 0 Å². The molecule has 2 heteroatoms. The molecule has 1 heterocycles. The molecule has 22 heavy (non-hydrogen) atoms. The van der Waals surface area contributed by atoms with Crippen LogP contribution >= 0.6 is 0 Å². The quantitative estimate of drug-likeness (QED) is 0.862. The van der Waals surface area contributed by atoms with Gasteiger partial charge in [0.25, 0.3) is 0 Å². The molecular weight excluding hydrogens is 268 g/mol. The summed E-state index contributed by atoms with van der Waals surface area (Å²) in [6, 6.07) is 15.3. The predicted molar refractivity (Wildman–Crippen MR) is 95.7 cm³/mol. The van der Waals surface area contributed by atoms with Gasteiger partial charge < -0.3 is 10.2 Å². The van der Waals surface area contributed by atoms with Gasteiger partial charge >= 0.3 is 0 Å². The number of hydrogen-bond acceptors (Lipinski definition) is 2. The van der Waals surface area contributed by atoms with Crippen LogP contribution in [0.1, 0.15) is 36.0 Å². The minimum Gasteiger partial charge on any atom is -0.380 e. The molecule has 0 amide bonds. The molecule has 3 rings (SSSR count). The van der Waals surface area contributed by atoms with Crippen molar-refractivity contribution in [2.45, 2.75) is 39.7 Å². The SMILES string of the molecule is Cc1cccc(C)c1NCc1ccccc1N1CCCCC1. The van der Waals surface area contributed by atoms with Gasteiger partial charge in [-0.15, -0.1) is 0 Å². The van der Waals surface area contributed by atoms with E-state index in [9.17, 15) is 0 Å². The Balaban J connectivity index is 1.78. The fourth-order valence-corrected chi connectivity index (χ4v) is 3.38. The molecule has 2 aromatic carbocycles. The van der Waals surface area contributed by atoms with Crippen LogP contribution in [0.4, 0.5) is 11.4 Å². The number of benzene rings is 2. The van der Waals surface area contributed by atoms with Crippen LogP contribution in [0.3, 0.4) is 0 Å². The normalized spacial score (nSPS) is 14.9. The highest BCUT2D eigenvalue weighted by Crippen LogP contribution is 2.26. The molecule has 0 aliphatic carbocycles. The van der Waals surface area contributed by atoms with E-state index < -0.39 is 0 Å². The summed E-state index contributed by atoms with van der Waals surface area (Å²) < 4.78 is 0. The summed E-state index contributed by atoms with van der Waals surface area (Å²) in [5.74, 6) is 0. The summed E-state index contributed by atoms with van der Waals surface area (Å²) in [5, 5.41) is 3.65. The Labute approximate surface area is 134 Å². The highest BCUT2D eigenvalue weighted by Gasteiger charge is 2.14. The smallest absolute Gasteiger partial charge is 0.0421 e. The van der Waals surface area contributed by atoms with E-state index in [1.54, 1.807) is 0 Å². The van der Waals surface area contributed by atoms with Gasteiger partial charge in [0.2, 0.25) is 0 Å². The minimum absolute atomic E-state index is 0.887. The monoisotopic (exact) mass is 294 g/mol. The van der Waals surface area contributed by atoms with Gasteiger partial charge in [0, 0.05) is 31.0 Å². The van der Waals surface area contributed by atoms with Gasteiger partial charge in [-0.3, -0.25) is 0 Å². The van der Waals surface area contributed by atoms with Crippen molar-refractivity contribution < 1.29 is 0 Å². The van der Waals surface area contributed by atoms with Crippen LogP contribution in [0, 0.1) is 13.8 Å². The molecular formula is C20H26N2. The fourth-order valence-electron chi connectivity index (χ4n) is 3.38. The minimum atomic E-state index is 0.887. The Morgan fingerprint density at radius 2 is 1.55 bits per heavy atom. The van der Waals surface area contributed by atoms with Crippen molar-refractivity contribution in [1.82, 2.24) is 0 Å². The lowest BCUT2D eigenvalue weighted by molar-refractivity contribution is 0.576. The Bertz CT molecular complexity index is 607. The van der Waals surface area contributed by atoms with Gasteiger partial charge in [-0.25, -0.2) is 0 Å². The van der Waals surface area contributed by atoms with Crippen LogP contribution in [0.2, 0.25) is 0 Å². The second-order valence-corrected chi connectivity index (χ2v) is 6.30. The van der Waals surface area contributed by atoms with Crippen molar-refractivity contribution in [3.8, 4) is 0 Å². The van der Waals surface area contributed by atoms with E-state index in [1.807, 2.05) is 0 Å². The van der Waals surface area contributed by atoms with E-state index in [1.165, 1.54) is 60.4 Å². The maximum absolute atomic E-state index is 3.65. The molecule has 2 aromatic rings. The first-order valence-corrected chi connectivity index (χ1v) is 8.38. The molecule has 1 fully saturated rings. The number of rotatable bonds is 4. The summed E-state index contributed by atoms with van der Waals surface area (Å²) >= 11 is 0.